The molecule has 1 aliphatic heterocycles. The Balaban J connectivity index is 1.49. The number of hydrogen-bond acceptors (Lipinski definition) is 4. The number of carbonyl (C=O) groups is 1. The van der Waals surface area contributed by atoms with Crippen molar-refractivity contribution in [1.29, 1.82) is 0 Å². The number of halogens is 3. The molecule has 0 saturated heterocycles. The molecule has 6 nitrogen and oxygen atoms in total. The maximum absolute atomic E-state index is 12.5. The van der Waals surface area contributed by atoms with E-state index in [4.69, 9.17) is 4.74 Å². The predicted molar refractivity (Wildman–Crippen MR) is 90.4 cm³/mol. The molecule has 2 aromatic heterocycles. The van der Waals surface area contributed by atoms with Gasteiger partial charge in [-0.2, -0.15) is 18.3 Å². The molecule has 138 valence electrons. The van der Waals surface area contributed by atoms with E-state index in [-0.39, 0.29) is 11.4 Å². The zero-order chi connectivity index (χ0) is 19.0. The summed E-state index contributed by atoms with van der Waals surface area (Å²) < 4.78 is 43.0. The van der Waals surface area contributed by atoms with Gasteiger partial charge in [0.15, 0.2) is 0 Å². The van der Waals surface area contributed by atoms with Crippen molar-refractivity contribution in [3.05, 3.63) is 59.5 Å². The van der Waals surface area contributed by atoms with Crippen LogP contribution < -0.4 is 10.1 Å². The highest BCUT2D eigenvalue weighted by molar-refractivity contribution is 6.03. The molecule has 1 amide bonds. The van der Waals surface area contributed by atoms with E-state index >= 15 is 0 Å². The van der Waals surface area contributed by atoms with Crippen molar-refractivity contribution >= 4 is 11.6 Å². The van der Waals surface area contributed by atoms with E-state index in [0.717, 1.165) is 41.6 Å². The molecule has 0 saturated carbocycles. The van der Waals surface area contributed by atoms with Crippen LogP contribution in [0.3, 0.4) is 0 Å². The van der Waals surface area contributed by atoms with Gasteiger partial charge in [0.2, 0.25) is 0 Å². The molecule has 2 N–H and O–H groups in total. The van der Waals surface area contributed by atoms with E-state index in [2.05, 4.69) is 20.5 Å². The molecule has 9 heteroatoms. The quantitative estimate of drug-likeness (QED) is 0.733. The summed E-state index contributed by atoms with van der Waals surface area (Å²) in [6, 6.07) is 9.19. The molecular weight excluding hydrogens is 361 g/mol. The van der Waals surface area contributed by atoms with E-state index in [1.165, 1.54) is 0 Å². The number of aromatic amines is 1. The smallest absolute Gasteiger partial charge is 0.433 e. The Kier molecular flexibility index (Phi) is 4.06. The number of fused-ring (bicyclic) bond motifs is 1. The summed E-state index contributed by atoms with van der Waals surface area (Å²) in [5.74, 6) is 0.321. The molecule has 0 spiro atoms. The van der Waals surface area contributed by atoms with Crippen molar-refractivity contribution in [2.45, 2.75) is 12.6 Å². The average molecular weight is 374 g/mol. The van der Waals surface area contributed by atoms with Crippen LogP contribution in [0.25, 0.3) is 11.3 Å². The highest BCUT2D eigenvalue weighted by atomic mass is 19.4. The normalized spacial score (nSPS) is 13.1. The number of carbonyl (C=O) groups excluding carboxylic acids is 1. The van der Waals surface area contributed by atoms with E-state index in [1.54, 1.807) is 6.07 Å². The van der Waals surface area contributed by atoms with Crippen LogP contribution in [0.5, 0.6) is 5.75 Å². The van der Waals surface area contributed by atoms with Gasteiger partial charge in [-0.05, 0) is 42.0 Å². The first-order chi connectivity index (χ1) is 12.9. The summed E-state index contributed by atoms with van der Waals surface area (Å²) in [7, 11) is 0. The molecule has 0 unspecified atom stereocenters. The Morgan fingerprint density at radius 2 is 2.04 bits per heavy atom. The molecule has 3 aromatic rings. The Hall–Kier alpha value is -3.36. The number of aromatic nitrogens is 3. The highest BCUT2D eigenvalue weighted by Gasteiger charge is 2.32. The molecular formula is C18H13F3N4O2. The molecule has 0 aliphatic carbocycles. The summed E-state index contributed by atoms with van der Waals surface area (Å²) in [5, 5.41) is 9.25. The average Bonchev–Trinajstić information content (AvgIpc) is 3.30. The van der Waals surface area contributed by atoms with Crippen LogP contribution in [0.1, 0.15) is 21.7 Å². The number of amides is 1. The zero-order valence-corrected chi connectivity index (χ0v) is 13.8. The van der Waals surface area contributed by atoms with Crippen LogP contribution in [-0.4, -0.2) is 27.7 Å². The topological polar surface area (TPSA) is 79.9 Å². The number of pyridine rings is 1. The lowest BCUT2D eigenvalue weighted by Gasteiger charge is -2.07. The fourth-order valence-electron chi connectivity index (χ4n) is 2.77. The summed E-state index contributed by atoms with van der Waals surface area (Å²) >= 11 is 0. The maximum Gasteiger partial charge on any atom is 0.433 e. The first-order valence-electron chi connectivity index (χ1n) is 8.06. The minimum absolute atomic E-state index is 0.152. The van der Waals surface area contributed by atoms with E-state index in [0.29, 0.717) is 12.3 Å². The van der Waals surface area contributed by atoms with Gasteiger partial charge in [-0.15, -0.1) is 0 Å². The first kappa shape index (κ1) is 17.1. The second kappa shape index (κ2) is 6.42. The summed E-state index contributed by atoms with van der Waals surface area (Å²) in [6.07, 6.45) is -2.75. The second-order valence-electron chi connectivity index (χ2n) is 5.97. The number of benzene rings is 1. The monoisotopic (exact) mass is 374 g/mol. The Morgan fingerprint density at radius 1 is 1.19 bits per heavy atom. The summed E-state index contributed by atoms with van der Waals surface area (Å²) in [6.45, 7) is 0.647. The van der Waals surface area contributed by atoms with Crippen molar-refractivity contribution in [2.24, 2.45) is 0 Å². The first-order valence-corrected chi connectivity index (χ1v) is 8.06. The number of anilines is 1. The molecule has 3 heterocycles. The molecule has 0 atom stereocenters. The van der Waals surface area contributed by atoms with Gasteiger partial charge in [-0.3, -0.25) is 9.89 Å². The highest BCUT2D eigenvalue weighted by Crippen LogP contribution is 2.30. The number of ether oxygens (including phenoxy) is 1. The SMILES string of the molecule is O=C(Nc1ccc(C(F)(F)F)nc1)c1cc(-c2ccc3c(c2)CCO3)n[nH]1. The van der Waals surface area contributed by atoms with Gasteiger partial charge >= 0.3 is 6.18 Å². The maximum atomic E-state index is 12.5. The molecule has 4 rings (SSSR count). The number of nitrogens with one attached hydrogen (secondary N) is 2. The van der Waals surface area contributed by atoms with Crippen LogP contribution in [-0.2, 0) is 12.6 Å². The van der Waals surface area contributed by atoms with Crippen LogP contribution >= 0.6 is 0 Å². The summed E-state index contributed by atoms with van der Waals surface area (Å²) in [4.78, 5) is 15.6. The molecule has 0 radical (unpaired) electrons. The molecule has 1 aromatic carbocycles. The van der Waals surface area contributed by atoms with Gasteiger partial charge < -0.3 is 10.1 Å². The predicted octanol–water partition coefficient (Wildman–Crippen LogP) is 3.68. The van der Waals surface area contributed by atoms with Gasteiger partial charge in [0.1, 0.15) is 17.1 Å². The largest absolute Gasteiger partial charge is 0.493 e. The van der Waals surface area contributed by atoms with Gasteiger partial charge in [-0.1, -0.05) is 0 Å². The van der Waals surface area contributed by atoms with Crippen molar-refractivity contribution in [3.63, 3.8) is 0 Å². The third-order valence-electron chi connectivity index (χ3n) is 4.12. The minimum Gasteiger partial charge on any atom is -0.493 e. The number of rotatable bonds is 3. The van der Waals surface area contributed by atoms with E-state index < -0.39 is 17.8 Å². The van der Waals surface area contributed by atoms with Crippen molar-refractivity contribution in [3.8, 4) is 17.0 Å². The van der Waals surface area contributed by atoms with Crippen LogP contribution in [0.2, 0.25) is 0 Å². The van der Waals surface area contributed by atoms with Gasteiger partial charge in [0, 0.05) is 12.0 Å². The number of alkyl halides is 3. The fraction of sp³-hybridized carbons (Fsp3) is 0.167. The lowest BCUT2D eigenvalue weighted by molar-refractivity contribution is -0.141. The van der Waals surface area contributed by atoms with Crippen molar-refractivity contribution < 1.29 is 22.7 Å². The Bertz CT molecular complexity index is 997. The molecule has 0 bridgehead atoms. The molecule has 0 fully saturated rings. The van der Waals surface area contributed by atoms with Crippen LogP contribution in [0.4, 0.5) is 18.9 Å². The zero-order valence-electron chi connectivity index (χ0n) is 13.8. The van der Waals surface area contributed by atoms with Crippen LogP contribution in [0, 0.1) is 0 Å². The number of H-pyrrole nitrogens is 1. The lowest BCUT2D eigenvalue weighted by atomic mass is 10.1. The van der Waals surface area contributed by atoms with E-state index in [9.17, 15) is 18.0 Å². The fourth-order valence-corrected chi connectivity index (χ4v) is 2.77. The molecule has 1 aliphatic rings. The Labute approximate surface area is 151 Å². The van der Waals surface area contributed by atoms with Crippen molar-refractivity contribution in [1.82, 2.24) is 15.2 Å². The molecule has 27 heavy (non-hydrogen) atoms. The van der Waals surface area contributed by atoms with E-state index in [1.807, 2.05) is 18.2 Å². The van der Waals surface area contributed by atoms with Gasteiger partial charge in [0.05, 0.1) is 24.2 Å². The van der Waals surface area contributed by atoms with Crippen molar-refractivity contribution in [2.75, 3.05) is 11.9 Å². The second-order valence-corrected chi connectivity index (χ2v) is 5.97. The minimum atomic E-state index is -4.53. The number of nitrogens with zero attached hydrogens (tertiary/aromatic N) is 2. The standard InChI is InChI=1S/C18H13F3N4O2/c19-18(20,21)16-4-2-12(9-22-16)23-17(26)14-8-13(24-25-14)10-1-3-15-11(7-10)5-6-27-15/h1-4,7-9H,5-6H2,(H,23,26)(H,24,25). The Morgan fingerprint density at radius 3 is 2.78 bits per heavy atom. The number of hydrogen-bond donors (Lipinski definition) is 2. The lowest BCUT2D eigenvalue weighted by Crippen LogP contribution is -2.13. The van der Waals surface area contributed by atoms with Gasteiger partial charge in [0.25, 0.3) is 5.91 Å². The third kappa shape index (κ3) is 3.48. The van der Waals surface area contributed by atoms with Gasteiger partial charge in [-0.25, -0.2) is 4.98 Å². The summed E-state index contributed by atoms with van der Waals surface area (Å²) in [5.41, 5.74) is 1.81. The van der Waals surface area contributed by atoms with Crippen LogP contribution in [0.15, 0.2) is 42.6 Å². The third-order valence-corrected chi connectivity index (χ3v) is 4.12.